The van der Waals surface area contributed by atoms with Gasteiger partial charge in [-0.2, -0.15) is 0 Å². The monoisotopic (exact) mass is 425 g/mol. The van der Waals surface area contributed by atoms with Crippen molar-refractivity contribution in [3.63, 3.8) is 0 Å². The van der Waals surface area contributed by atoms with E-state index in [1.54, 1.807) is 30.1 Å². The molecule has 9 heteroatoms. The second kappa shape index (κ2) is 11.1. The number of carbonyl (C=O) groups is 2. The summed E-state index contributed by atoms with van der Waals surface area (Å²) in [6.45, 7) is 1.24. The quantitative estimate of drug-likeness (QED) is 0.381. The lowest BCUT2D eigenvalue weighted by atomic mass is 9.79. The molecule has 3 N–H and O–H groups in total. The van der Waals surface area contributed by atoms with E-state index in [0.29, 0.717) is 37.0 Å². The highest BCUT2D eigenvalue weighted by Crippen LogP contribution is 2.16. The van der Waals surface area contributed by atoms with Crippen LogP contribution in [0.15, 0.2) is 48.5 Å². The van der Waals surface area contributed by atoms with Gasteiger partial charge in [-0.05, 0) is 48.6 Å². The van der Waals surface area contributed by atoms with Crippen LogP contribution in [0.1, 0.15) is 34.3 Å². The topological polar surface area (TPSA) is 100 Å². The van der Waals surface area contributed by atoms with Crippen molar-refractivity contribution >= 4 is 24.4 Å². The number of hydroxylamine groups is 1. The molecular formula is C22H28BN3O5. The summed E-state index contributed by atoms with van der Waals surface area (Å²) in [7, 11) is 2.18. The van der Waals surface area contributed by atoms with Crippen molar-refractivity contribution in [2.75, 3.05) is 20.7 Å². The molecule has 0 aromatic heterocycles. The molecule has 1 heterocycles. The lowest BCUT2D eigenvalue weighted by Gasteiger charge is -2.24. The average Bonchev–Trinajstić information content (AvgIpc) is 3.16. The zero-order valence-electron chi connectivity index (χ0n) is 17.8. The van der Waals surface area contributed by atoms with Crippen molar-refractivity contribution in [3.05, 3.63) is 65.2 Å². The fourth-order valence-corrected chi connectivity index (χ4v) is 3.67. The van der Waals surface area contributed by atoms with Crippen LogP contribution >= 0.6 is 0 Å². The molecule has 2 aromatic rings. The number of hydrogen-bond donors (Lipinski definition) is 3. The predicted molar refractivity (Wildman–Crippen MR) is 117 cm³/mol. The van der Waals surface area contributed by atoms with Crippen LogP contribution in [-0.4, -0.2) is 55.6 Å². The third-order valence-corrected chi connectivity index (χ3v) is 5.34. The van der Waals surface area contributed by atoms with E-state index < -0.39 is 13.2 Å². The van der Waals surface area contributed by atoms with Gasteiger partial charge in [0.25, 0.3) is 11.8 Å². The van der Waals surface area contributed by atoms with Crippen LogP contribution in [0.25, 0.3) is 0 Å². The number of nitrogens with zero attached hydrogens (tertiary/aromatic N) is 1. The second-order valence-corrected chi connectivity index (χ2v) is 7.44. The number of rotatable bonds is 10. The minimum absolute atomic E-state index is 0.101. The van der Waals surface area contributed by atoms with E-state index >= 15 is 0 Å². The fraction of sp³-hybridized carbons (Fsp3) is 0.364. The van der Waals surface area contributed by atoms with Gasteiger partial charge in [0.2, 0.25) is 0 Å². The lowest BCUT2D eigenvalue weighted by molar-refractivity contribution is -0.133. The standard InChI is InChI=1S/C22H28BN3O5/c1-24-20(21(27)25-30-2)9-6-12-26(14-16-7-4-3-5-8-16)22(28)17-10-11-19-18(13-17)15-31-23(19)29/h3-5,7-8,10-11,13,20,24,29H,6,9,12,14-15H2,1-2H3,(H,25,27)/t20-/m0/s1. The molecule has 1 aliphatic heterocycles. The normalized spacial score (nSPS) is 13.6. The van der Waals surface area contributed by atoms with E-state index in [2.05, 4.69) is 10.8 Å². The first kappa shape index (κ1) is 23.0. The Balaban J connectivity index is 1.72. The predicted octanol–water partition coefficient (Wildman–Crippen LogP) is 0.592. The fourth-order valence-electron chi connectivity index (χ4n) is 3.67. The summed E-state index contributed by atoms with van der Waals surface area (Å²) in [5, 5.41) is 12.8. The summed E-state index contributed by atoms with van der Waals surface area (Å²) in [5.41, 5.74) is 5.44. The molecule has 2 amide bonds. The van der Waals surface area contributed by atoms with Crippen LogP contribution in [-0.2, 0) is 27.4 Å². The molecule has 31 heavy (non-hydrogen) atoms. The first-order valence-corrected chi connectivity index (χ1v) is 10.3. The molecule has 0 radical (unpaired) electrons. The molecule has 164 valence electrons. The molecule has 1 aliphatic rings. The summed E-state index contributed by atoms with van der Waals surface area (Å²) in [4.78, 5) is 31.8. The summed E-state index contributed by atoms with van der Waals surface area (Å²) in [6.07, 6.45) is 1.18. The molecule has 2 aromatic carbocycles. The minimum Gasteiger partial charge on any atom is -0.423 e. The molecule has 0 fully saturated rings. The smallest absolute Gasteiger partial charge is 0.423 e. The lowest BCUT2D eigenvalue weighted by Crippen LogP contribution is -2.42. The van der Waals surface area contributed by atoms with E-state index in [1.165, 1.54) is 7.11 Å². The minimum atomic E-state index is -0.934. The summed E-state index contributed by atoms with van der Waals surface area (Å²) in [5.74, 6) is -0.349. The van der Waals surface area contributed by atoms with Crippen LogP contribution in [0.4, 0.5) is 0 Å². The Bertz CT molecular complexity index is 896. The van der Waals surface area contributed by atoms with Crippen molar-refractivity contribution in [1.29, 1.82) is 0 Å². The Morgan fingerprint density at radius 3 is 2.74 bits per heavy atom. The molecule has 1 atom stereocenters. The van der Waals surface area contributed by atoms with Crippen LogP contribution in [0.5, 0.6) is 0 Å². The van der Waals surface area contributed by atoms with E-state index in [9.17, 15) is 14.6 Å². The molecule has 0 bridgehead atoms. The average molecular weight is 425 g/mol. The first-order valence-electron chi connectivity index (χ1n) is 10.3. The van der Waals surface area contributed by atoms with E-state index in [4.69, 9.17) is 9.49 Å². The highest BCUT2D eigenvalue weighted by Gasteiger charge is 2.28. The Kier molecular flexibility index (Phi) is 8.19. The largest absolute Gasteiger partial charge is 0.491 e. The highest BCUT2D eigenvalue weighted by atomic mass is 16.6. The van der Waals surface area contributed by atoms with Crippen molar-refractivity contribution in [1.82, 2.24) is 15.7 Å². The van der Waals surface area contributed by atoms with Gasteiger partial charge in [-0.3, -0.25) is 14.4 Å². The summed E-state index contributed by atoms with van der Waals surface area (Å²) >= 11 is 0. The maximum atomic E-state index is 13.3. The van der Waals surface area contributed by atoms with Gasteiger partial charge in [0.05, 0.1) is 19.8 Å². The van der Waals surface area contributed by atoms with Crippen molar-refractivity contribution in [2.24, 2.45) is 0 Å². The van der Waals surface area contributed by atoms with Gasteiger partial charge in [-0.1, -0.05) is 36.4 Å². The van der Waals surface area contributed by atoms with Gasteiger partial charge < -0.3 is 19.9 Å². The van der Waals surface area contributed by atoms with E-state index in [0.717, 1.165) is 11.1 Å². The molecular weight excluding hydrogens is 397 g/mol. The maximum Gasteiger partial charge on any atom is 0.491 e. The molecule has 0 spiro atoms. The van der Waals surface area contributed by atoms with Crippen LogP contribution < -0.4 is 16.3 Å². The zero-order valence-corrected chi connectivity index (χ0v) is 17.8. The second-order valence-electron chi connectivity index (χ2n) is 7.44. The van der Waals surface area contributed by atoms with Gasteiger partial charge in [0.1, 0.15) is 0 Å². The van der Waals surface area contributed by atoms with Gasteiger partial charge in [-0.25, -0.2) is 5.48 Å². The van der Waals surface area contributed by atoms with E-state index in [1.807, 2.05) is 30.3 Å². The van der Waals surface area contributed by atoms with Gasteiger partial charge in [-0.15, -0.1) is 0 Å². The number of carbonyl (C=O) groups excluding carboxylic acids is 2. The van der Waals surface area contributed by atoms with Crippen LogP contribution in [0.2, 0.25) is 0 Å². The third kappa shape index (κ3) is 5.92. The number of benzene rings is 2. The summed E-state index contributed by atoms with van der Waals surface area (Å²) in [6, 6.07) is 14.6. The molecule has 0 saturated heterocycles. The Labute approximate surface area is 182 Å². The van der Waals surface area contributed by atoms with Crippen LogP contribution in [0, 0.1) is 0 Å². The number of hydrogen-bond acceptors (Lipinski definition) is 6. The zero-order chi connectivity index (χ0) is 22.2. The Hall–Kier alpha value is -2.72. The SMILES string of the molecule is CN[C@@H](CCCN(Cc1ccccc1)C(=O)c1ccc2c(c1)COB2O)C(=O)NOC. The molecule has 8 nitrogen and oxygen atoms in total. The van der Waals surface area contributed by atoms with Crippen LogP contribution in [0.3, 0.4) is 0 Å². The van der Waals surface area contributed by atoms with Gasteiger partial charge in [0.15, 0.2) is 0 Å². The maximum absolute atomic E-state index is 13.3. The van der Waals surface area contributed by atoms with E-state index in [-0.39, 0.29) is 18.4 Å². The van der Waals surface area contributed by atoms with Gasteiger partial charge in [0, 0.05) is 18.7 Å². The van der Waals surface area contributed by atoms with Crippen molar-refractivity contribution in [2.45, 2.75) is 32.0 Å². The number of likely N-dealkylation sites (N-methyl/N-ethyl adjacent to an activating group) is 1. The number of fused-ring (bicyclic) bond motifs is 1. The molecule has 0 saturated carbocycles. The molecule has 0 unspecified atom stereocenters. The highest BCUT2D eigenvalue weighted by molar-refractivity contribution is 6.61. The Morgan fingerprint density at radius 2 is 2.03 bits per heavy atom. The molecule has 3 rings (SSSR count). The number of amides is 2. The van der Waals surface area contributed by atoms with Crippen molar-refractivity contribution < 1.29 is 24.1 Å². The molecule has 0 aliphatic carbocycles. The first-order chi connectivity index (χ1) is 15.0. The Morgan fingerprint density at radius 1 is 1.26 bits per heavy atom. The number of nitrogens with one attached hydrogen (secondary N) is 2. The van der Waals surface area contributed by atoms with Gasteiger partial charge >= 0.3 is 7.12 Å². The third-order valence-electron chi connectivity index (χ3n) is 5.34. The summed E-state index contributed by atoms with van der Waals surface area (Å²) < 4.78 is 5.24. The van der Waals surface area contributed by atoms with Crippen molar-refractivity contribution in [3.8, 4) is 0 Å².